The van der Waals surface area contributed by atoms with Crippen molar-refractivity contribution in [2.45, 2.75) is 30.6 Å². The molecular formula is C22H25N3O2S. The molecule has 0 bridgehead atoms. The Morgan fingerprint density at radius 2 is 1.75 bits per heavy atom. The van der Waals surface area contributed by atoms with E-state index in [9.17, 15) is 8.42 Å². The predicted molar refractivity (Wildman–Crippen MR) is 113 cm³/mol. The van der Waals surface area contributed by atoms with Gasteiger partial charge < -0.3 is 5.32 Å². The van der Waals surface area contributed by atoms with Gasteiger partial charge in [-0.3, -0.25) is 0 Å². The molecule has 1 aromatic heterocycles. The first-order valence-electron chi connectivity index (χ1n) is 9.82. The van der Waals surface area contributed by atoms with E-state index in [1.54, 1.807) is 22.5 Å². The fraction of sp³-hybridized carbons (Fsp3) is 0.318. The Bertz CT molecular complexity index is 1050. The third-order valence-corrected chi connectivity index (χ3v) is 7.05. The molecule has 0 amide bonds. The molecule has 0 atom stereocenters. The van der Waals surface area contributed by atoms with E-state index in [2.05, 4.69) is 34.6 Å². The van der Waals surface area contributed by atoms with Crippen LogP contribution >= 0.6 is 0 Å². The number of anilines is 1. The molecule has 2 heterocycles. The number of nitrogens with one attached hydrogen (secondary N) is 1. The second kappa shape index (κ2) is 8.29. The summed E-state index contributed by atoms with van der Waals surface area (Å²) in [5.74, 6) is 0.815. The summed E-state index contributed by atoms with van der Waals surface area (Å²) in [6, 6.07) is 19.5. The summed E-state index contributed by atoms with van der Waals surface area (Å²) < 4.78 is 27.0. The summed E-state index contributed by atoms with van der Waals surface area (Å²) in [5, 5.41) is 4.20. The molecule has 0 saturated carbocycles. The number of aryl methyl sites for hydroxylation is 1. The van der Waals surface area contributed by atoms with Gasteiger partial charge in [0.25, 0.3) is 0 Å². The third kappa shape index (κ3) is 4.18. The van der Waals surface area contributed by atoms with Gasteiger partial charge in [-0.25, -0.2) is 13.4 Å². The predicted octanol–water partition coefficient (Wildman–Crippen LogP) is 4.06. The molecule has 2 aromatic carbocycles. The van der Waals surface area contributed by atoms with Crippen molar-refractivity contribution in [3.63, 3.8) is 0 Å². The molecule has 4 rings (SSSR count). The Labute approximate surface area is 166 Å². The molecule has 146 valence electrons. The van der Waals surface area contributed by atoms with Gasteiger partial charge in [0.15, 0.2) is 0 Å². The monoisotopic (exact) mass is 395 g/mol. The van der Waals surface area contributed by atoms with Crippen LogP contribution in [0.1, 0.15) is 24.8 Å². The Hall–Kier alpha value is -2.44. The first-order valence-corrected chi connectivity index (χ1v) is 11.3. The van der Waals surface area contributed by atoms with E-state index in [1.165, 1.54) is 5.56 Å². The van der Waals surface area contributed by atoms with Gasteiger partial charge in [-0.2, -0.15) is 4.31 Å². The smallest absolute Gasteiger partial charge is 0.243 e. The molecule has 0 aliphatic carbocycles. The van der Waals surface area contributed by atoms with Crippen molar-refractivity contribution < 1.29 is 8.42 Å². The van der Waals surface area contributed by atoms with Crippen LogP contribution in [0.2, 0.25) is 0 Å². The number of sulfonamides is 1. The maximum absolute atomic E-state index is 12.7. The number of fused-ring (bicyclic) bond motifs is 1. The Morgan fingerprint density at radius 1 is 0.964 bits per heavy atom. The Kier molecular flexibility index (Phi) is 5.59. The summed E-state index contributed by atoms with van der Waals surface area (Å²) >= 11 is 0. The minimum Gasteiger partial charge on any atom is -0.370 e. The average molecular weight is 396 g/mol. The number of benzene rings is 2. The van der Waals surface area contributed by atoms with Gasteiger partial charge in [-0.1, -0.05) is 30.3 Å². The quantitative estimate of drug-likeness (QED) is 0.613. The number of nitrogens with zero attached hydrogens (tertiary/aromatic N) is 2. The number of rotatable bonds is 7. The molecule has 1 aliphatic rings. The van der Waals surface area contributed by atoms with Crippen LogP contribution in [-0.2, 0) is 16.4 Å². The fourth-order valence-corrected chi connectivity index (χ4v) is 5.15. The van der Waals surface area contributed by atoms with Crippen molar-refractivity contribution in [2.75, 3.05) is 25.0 Å². The normalized spacial score (nSPS) is 15.1. The maximum Gasteiger partial charge on any atom is 0.243 e. The molecule has 0 radical (unpaired) electrons. The van der Waals surface area contributed by atoms with Crippen molar-refractivity contribution in [3.05, 3.63) is 66.2 Å². The van der Waals surface area contributed by atoms with Crippen LogP contribution in [0, 0.1) is 0 Å². The zero-order valence-electron chi connectivity index (χ0n) is 15.8. The van der Waals surface area contributed by atoms with Gasteiger partial charge in [-0.15, -0.1) is 0 Å². The molecule has 1 N–H and O–H groups in total. The van der Waals surface area contributed by atoms with Crippen molar-refractivity contribution in [1.82, 2.24) is 9.29 Å². The highest BCUT2D eigenvalue weighted by Crippen LogP contribution is 2.24. The van der Waals surface area contributed by atoms with E-state index < -0.39 is 10.0 Å². The van der Waals surface area contributed by atoms with Crippen LogP contribution in [0.3, 0.4) is 0 Å². The summed E-state index contributed by atoms with van der Waals surface area (Å²) in [6.45, 7) is 2.07. The summed E-state index contributed by atoms with van der Waals surface area (Å²) in [4.78, 5) is 4.97. The van der Waals surface area contributed by atoms with Crippen LogP contribution in [0.15, 0.2) is 65.6 Å². The van der Waals surface area contributed by atoms with E-state index in [4.69, 9.17) is 0 Å². The van der Waals surface area contributed by atoms with Crippen LogP contribution in [-0.4, -0.2) is 37.3 Å². The fourth-order valence-electron chi connectivity index (χ4n) is 3.59. The standard InChI is InChI=1S/C22H25N3O2S/c26-28(27,25-15-4-5-16-25)20-11-12-21-19(17-20)10-13-22(24-21)23-14-6-9-18-7-2-1-3-8-18/h1-3,7-8,10-13,17H,4-6,9,14-16H2,(H,23,24). The molecule has 1 aliphatic heterocycles. The average Bonchev–Trinajstić information content (AvgIpc) is 3.27. The molecule has 3 aromatic rings. The second-order valence-electron chi connectivity index (χ2n) is 7.18. The molecule has 5 nitrogen and oxygen atoms in total. The van der Waals surface area contributed by atoms with E-state index in [1.807, 2.05) is 18.2 Å². The first-order chi connectivity index (χ1) is 13.6. The Morgan fingerprint density at radius 3 is 2.54 bits per heavy atom. The van der Waals surface area contributed by atoms with Gasteiger partial charge in [0, 0.05) is 25.0 Å². The van der Waals surface area contributed by atoms with Crippen LogP contribution in [0.4, 0.5) is 5.82 Å². The van der Waals surface area contributed by atoms with Gasteiger partial charge >= 0.3 is 0 Å². The topological polar surface area (TPSA) is 62.3 Å². The lowest BCUT2D eigenvalue weighted by atomic mass is 10.1. The van der Waals surface area contributed by atoms with Crippen molar-refractivity contribution >= 4 is 26.7 Å². The molecule has 0 spiro atoms. The maximum atomic E-state index is 12.7. The van der Waals surface area contributed by atoms with Gasteiger partial charge in [-0.05, 0) is 61.6 Å². The first kappa shape index (κ1) is 18.9. The largest absolute Gasteiger partial charge is 0.370 e. The molecule has 1 saturated heterocycles. The minimum absolute atomic E-state index is 0.354. The summed E-state index contributed by atoms with van der Waals surface area (Å²) in [7, 11) is -3.39. The number of hydrogen-bond donors (Lipinski definition) is 1. The molecule has 6 heteroatoms. The highest BCUT2D eigenvalue weighted by atomic mass is 32.2. The highest BCUT2D eigenvalue weighted by molar-refractivity contribution is 7.89. The van der Waals surface area contributed by atoms with Crippen LogP contribution in [0.25, 0.3) is 10.9 Å². The van der Waals surface area contributed by atoms with Gasteiger partial charge in [0.1, 0.15) is 5.82 Å². The van der Waals surface area contributed by atoms with Crippen molar-refractivity contribution in [2.24, 2.45) is 0 Å². The Balaban J connectivity index is 1.42. The zero-order chi connectivity index (χ0) is 19.4. The van der Waals surface area contributed by atoms with E-state index in [0.717, 1.165) is 48.9 Å². The highest BCUT2D eigenvalue weighted by Gasteiger charge is 2.27. The minimum atomic E-state index is -3.39. The summed E-state index contributed by atoms with van der Waals surface area (Å²) in [6.07, 6.45) is 3.93. The van der Waals surface area contributed by atoms with Crippen molar-refractivity contribution in [1.29, 1.82) is 0 Å². The number of hydrogen-bond acceptors (Lipinski definition) is 4. The second-order valence-corrected chi connectivity index (χ2v) is 9.12. The molecule has 0 unspecified atom stereocenters. The SMILES string of the molecule is O=S(=O)(c1ccc2nc(NCCCc3ccccc3)ccc2c1)N1CCCC1. The molecule has 1 fully saturated rings. The van der Waals surface area contributed by atoms with Gasteiger partial charge in [0.05, 0.1) is 10.4 Å². The molecular weight excluding hydrogens is 370 g/mol. The van der Waals surface area contributed by atoms with E-state index in [-0.39, 0.29) is 0 Å². The number of aromatic nitrogens is 1. The summed E-state index contributed by atoms with van der Waals surface area (Å²) in [5.41, 5.74) is 2.14. The van der Waals surface area contributed by atoms with Gasteiger partial charge in [0.2, 0.25) is 10.0 Å². The van der Waals surface area contributed by atoms with Crippen LogP contribution in [0.5, 0.6) is 0 Å². The lowest BCUT2D eigenvalue weighted by Gasteiger charge is -2.15. The molecule has 28 heavy (non-hydrogen) atoms. The lowest BCUT2D eigenvalue weighted by molar-refractivity contribution is 0.477. The lowest BCUT2D eigenvalue weighted by Crippen LogP contribution is -2.27. The van der Waals surface area contributed by atoms with Crippen LogP contribution < -0.4 is 5.32 Å². The number of pyridine rings is 1. The zero-order valence-corrected chi connectivity index (χ0v) is 16.7. The van der Waals surface area contributed by atoms with Crippen molar-refractivity contribution in [3.8, 4) is 0 Å². The van der Waals surface area contributed by atoms with E-state index in [0.29, 0.717) is 18.0 Å². The van der Waals surface area contributed by atoms with E-state index >= 15 is 0 Å². The third-order valence-electron chi connectivity index (χ3n) is 5.15.